The fourth-order valence-corrected chi connectivity index (χ4v) is 2.50. The third-order valence-corrected chi connectivity index (χ3v) is 3.64. The molecular weight excluding hydrogens is 351 g/mol. The van der Waals surface area contributed by atoms with E-state index in [9.17, 15) is 27.9 Å². The van der Waals surface area contributed by atoms with Crippen LogP contribution in [0.4, 0.5) is 18.9 Å². The maximum atomic E-state index is 12.9. The van der Waals surface area contributed by atoms with Gasteiger partial charge in [0, 0.05) is 18.2 Å². The van der Waals surface area contributed by atoms with Gasteiger partial charge in [0.25, 0.3) is 0 Å². The number of halogens is 3. The van der Waals surface area contributed by atoms with Crippen LogP contribution >= 0.6 is 0 Å². The van der Waals surface area contributed by atoms with Crippen LogP contribution in [-0.2, 0) is 11.0 Å². The number of hydrogen-bond acceptors (Lipinski definition) is 4. The molecule has 0 spiro atoms. The number of aromatic hydroxyl groups is 1. The normalized spacial score (nSPS) is 11.5. The second-order valence-corrected chi connectivity index (χ2v) is 5.58. The standard InChI is InChI=1S/C18H12F3NO4/c1-9(23)22-12-5-6-14-13(8-12)15(24)16(25)17(26-14)10-3-2-4-11(7-10)18(19,20)21/h2-8,25H,1H3,(H,22,23). The number of carbonyl (C=O) groups excluding carboxylic acids is 1. The van der Waals surface area contributed by atoms with Gasteiger partial charge in [0.05, 0.1) is 10.9 Å². The van der Waals surface area contributed by atoms with Crippen LogP contribution in [0.2, 0.25) is 0 Å². The predicted octanol–water partition coefficient (Wildman–Crippen LogP) is 4.14. The fraction of sp³-hybridized carbons (Fsp3) is 0.111. The average Bonchev–Trinajstić information content (AvgIpc) is 2.57. The van der Waals surface area contributed by atoms with Gasteiger partial charge >= 0.3 is 6.18 Å². The van der Waals surface area contributed by atoms with Crippen molar-refractivity contribution < 1.29 is 27.5 Å². The van der Waals surface area contributed by atoms with E-state index >= 15 is 0 Å². The van der Waals surface area contributed by atoms with E-state index in [4.69, 9.17) is 4.42 Å². The summed E-state index contributed by atoms with van der Waals surface area (Å²) in [4.78, 5) is 23.5. The van der Waals surface area contributed by atoms with Gasteiger partial charge in [-0.15, -0.1) is 0 Å². The Morgan fingerprint density at radius 2 is 1.88 bits per heavy atom. The van der Waals surface area contributed by atoms with Crippen molar-refractivity contribution in [1.29, 1.82) is 0 Å². The van der Waals surface area contributed by atoms with E-state index < -0.39 is 22.9 Å². The minimum atomic E-state index is -4.57. The molecule has 134 valence electrons. The van der Waals surface area contributed by atoms with E-state index in [1.54, 1.807) is 0 Å². The first-order valence-electron chi connectivity index (χ1n) is 7.42. The molecule has 8 heteroatoms. The first kappa shape index (κ1) is 17.5. The number of nitrogens with one attached hydrogen (secondary N) is 1. The van der Waals surface area contributed by atoms with Crippen LogP contribution in [0.1, 0.15) is 12.5 Å². The van der Waals surface area contributed by atoms with Crippen molar-refractivity contribution in [2.75, 3.05) is 5.32 Å². The molecule has 26 heavy (non-hydrogen) atoms. The Labute approximate surface area is 144 Å². The molecule has 2 aromatic carbocycles. The maximum Gasteiger partial charge on any atom is 0.416 e. The van der Waals surface area contributed by atoms with Crippen LogP contribution in [0, 0.1) is 0 Å². The van der Waals surface area contributed by atoms with Gasteiger partial charge in [-0.1, -0.05) is 12.1 Å². The van der Waals surface area contributed by atoms with Gasteiger partial charge < -0.3 is 14.8 Å². The van der Waals surface area contributed by atoms with E-state index in [1.165, 1.54) is 31.2 Å². The molecule has 1 amide bonds. The molecule has 0 aliphatic carbocycles. The van der Waals surface area contributed by atoms with Crippen LogP contribution < -0.4 is 10.7 Å². The van der Waals surface area contributed by atoms with Crippen molar-refractivity contribution >= 4 is 22.6 Å². The summed E-state index contributed by atoms with van der Waals surface area (Å²) in [5, 5.41) is 12.6. The summed E-state index contributed by atoms with van der Waals surface area (Å²) < 4.78 is 44.1. The summed E-state index contributed by atoms with van der Waals surface area (Å²) in [6.45, 7) is 1.29. The van der Waals surface area contributed by atoms with Crippen molar-refractivity contribution in [2.24, 2.45) is 0 Å². The van der Waals surface area contributed by atoms with E-state index in [2.05, 4.69) is 5.32 Å². The smallest absolute Gasteiger partial charge is 0.416 e. The molecule has 0 unspecified atom stereocenters. The lowest BCUT2D eigenvalue weighted by atomic mass is 10.1. The summed E-state index contributed by atoms with van der Waals surface area (Å²) in [5.41, 5.74) is -1.44. The number of amides is 1. The van der Waals surface area contributed by atoms with E-state index in [-0.39, 0.29) is 28.2 Å². The SMILES string of the molecule is CC(=O)Nc1ccc2oc(-c3cccc(C(F)(F)F)c3)c(O)c(=O)c2c1. The molecule has 0 saturated heterocycles. The van der Waals surface area contributed by atoms with Gasteiger partial charge in [0.15, 0.2) is 5.76 Å². The van der Waals surface area contributed by atoms with E-state index in [0.29, 0.717) is 5.69 Å². The molecule has 3 rings (SSSR count). The Hall–Kier alpha value is -3.29. The second kappa shape index (κ2) is 6.21. The van der Waals surface area contributed by atoms with Crippen molar-refractivity contribution in [3.63, 3.8) is 0 Å². The Morgan fingerprint density at radius 1 is 1.15 bits per heavy atom. The highest BCUT2D eigenvalue weighted by atomic mass is 19.4. The molecule has 5 nitrogen and oxygen atoms in total. The zero-order chi connectivity index (χ0) is 19.1. The lowest BCUT2D eigenvalue weighted by Crippen LogP contribution is -2.08. The Balaban J connectivity index is 2.18. The van der Waals surface area contributed by atoms with Crippen LogP contribution in [0.25, 0.3) is 22.3 Å². The summed E-state index contributed by atoms with van der Waals surface area (Å²) >= 11 is 0. The lowest BCUT2D eigenvalue weighted by molar-refractivity contribution is -0.137. The third-order valence-electron chi connectivity index (χ3n) is 3.64. The largest absolute Gasteiger partial charge is 0.502 e. The maximum absolute atomic E-state index is 12.9. The van der Waals surface area contributed by atoms with Gasteiger partial charge in [-0.05, 0) is 30.3 Å². The van der Waals surface area contributed by atoms with Crippen LogP contribution in [0.3, 0.4) is 0 Å². The highest BCUT2D eigenvalue weighted by Crippen LogP contribution is 2.35. The molecule has 2 N–H and O–H groups in total. The minimum Gasteiger partial charge on any atom is -0.502 e. The van der Waals surface area contributed by atoms with Crippen molar-refractivity contribution in [3.8, 4) is 17.1 Å². The summed E-state index contributed by atoms with van der Waals surface area (Å²) in [6, 6.07) is 8.29. The van der Waals surface area contributed by atoms with Crippen LogP contribution in [0.15, 0.2) is 51.7 Å². The van der Waals surface area contributed by atoms with Gasteiger partial charge in [0.1, 0.15) is 5.58 Å². The molecule has 0 atom stereocenters. The quantitative estimate of drug-likeness (QED) is 0.717. The number of rotatable bonds is 2. The molecule has 0 aliphatic heterocycles. The highest BCUT2D eigenvalue weighted by molar-refractivity contribution is 5.92. The number of alkyl halides is 3. The van der Waals surface area contributed by atoms with E-state index in [0.717, 1.165) is 18.2 Å². The molecule has 0 bridgehead atoms. The van der Waals surface area contributed by atoms with Gasteiger partial charge in [-0.3, -0.25) is 9.59 Å². The topological polar surface area (TPSA) is 79.5 Å². The number of hydrogen-bond donors (Lipinski definition) is 2. The summed E-state index contributed by atoms with van der Waals surface area (Å²) in [7, 11) is 0. The van der Waals surface area contributed by atoms with E-state index in [1.807, 2.05) is 0 Å². The molecule has 0 saturated carbocycles. The molecule has 0 radical (unpaired) electrons. The minimum absolute atomic E-state index is 0.00974. The third kappa shape index (κ3) is 3.26. The number of carbonyl (C=O) groups is 1. The fourth-order valence-electron chi connectivity index (χ4n) is 2.50. The molecule has 0 aliphatic rings. The molecule has 1 heterocycles. The second-order valence-electron chi connectivity index (χ2n) is 5.58. The Bertz CT molecular complexity index is 1070. The lowest BCUT2D eigenvalue weighted by Gasteiger charge is -2.10. The number of anilines is 1. The van der Waals surface area contributed by atoms with Crippen molar-refractivity contribution in [3.05, 3.63) is 58.3 Å². The molecule has 1 aromatic heterocycles. The van der Waals surface area contributed by atoms with Crippen LogP contribution in [-0.4, -0.2) is 11.0 Å². The zero-order valence-corrected chi connectivity index (χ0v) is 13.3. The highest BCUT2D eigenvalue weighted by Gasteiger charge is 2.31. The Kier molecular flexibility index (Phi) is 4.19. The van der Waals surface area contributed by atoms with Crippen molar-refractivity contribution in [1.82, 2.24) is 0 Å². The van der Waals surface area contributed by atoms with Crippen LogP contribution in [0.5, 0.6) is 5.75 Å². The van der Waals surface area contributed by atoms with Gasteiger partial charge in [-0.2, -0.15) is 13.2 Å². The number of fused-ring (bicyclic) bond motifs is 1. The zero-order valence-electron chi connectivity index (χ0n) is 13.3. The van der Waals surface area contributed by atoms with Gasteiger partial charge in [-0.25, -0.2) is 0 Å². The molecule has 3 aromatic rings. The first-order valence-corrected chi connectivity index (χ1v) is 7.42. The monoisotopic (exact) mass is 363 g/mol. The first-order chi connectivity index (χ1) is 12.2. The Morgan fingerprint density at radius 3 is 2.54 bits per heavy atom. The van der Waals surface area contributed by atoms with Gasteiger partial charge in [0.2, 0.25) is 17.1 Å². The van der Waals surface area contributed by atoms with Crippen molar-refractivity contribution in [2.45, 2.75) is 13.1 Å². The average molecular weight is 363 g/mol. The summed E-state index contributed by atoms with van der Waals surface area (Å²) in [6.07, 6.45) is -4.57. The predicted molar refractivity (Wildman–Crippen MR) is 88.9 cm³/mol. The molecular formula is C18H12F3NO4. The number of benzene rings is 2. The molecule has 0 fully saturated rings. The summed E-state index contributed by atoms with van der Waals surface area (Å²) in [5.74, 6) is -1.52.